The Hall–Kier alpha value is -0.380. The van der Waals surface area contributed by atoms with E-state index in [0.29, 0.717) is 5.41 Å². The molecular formula is C13H27N3S. The van der Waals surface area contributed by atoms with Crippen molar-refractivity contribution in [2.75, 3.05) is 31.6 Å². The van der Waals surface area contributed by atoms with Crippen LogP contribution in [-0.4, -0.2) is 37.6 Å². The fourth-order valence-corrected chi connectivity index (χ4v) is 2.47. The Morgan fingerprint density at radius 1 is 1.29 bits per heavy atom. The molecule has 0 atom stereocenters. The molecule has 100 valence electrons. The molecule has 17 heavy (non-hydrogen) atoms. The molecule has 1 aliphatic rings. The van der Waals surface area contributed by atoms with E-state index in [4.69, 9.17) is 4.99 Å². The van der Waals surface area contributed by atoms with Crippen LogP contribution < -0.4 is 10.6 Å². The van der Waals surface area contributed by atoms with Gasteiger partial charge in [0.15, 0.2) is 5.96 Å². The van der Waals surface area contributed by atoms with Gasteiger partial charge in [0, 0.05) is 25.4 Å². The van der Waals surface area contributed by atoms with Crippen molar-refractivity contribution in [1.82, 2.24) is 10.6 Å². The first-order valence-corrected chi connectivity index (χ1v) is 8.17. The molecule has 0 unspecified atom stereocenters. The summed E-state index contributed by atoms with van der Waals surface area (Å²) in [7, 11) is 0. The van der Waals surface area contributed by atoms with Crippen molar-refractivity contribution in [2.24, 2.45) is 10.4 Å². The molecule has 0 aromatic rings. The number of rotatable bonds is 7. The molecule has 0 heterocycles. The van der Waals surface area contributed by atoms with Gasteiger partial charge >= 0.3 is 0 Å². The zero-order valence-electron chi connectivity index (χ0n) is 11.5. The number of guanidine groups is 1. The summed E-state index contributed by atoms with van der Waals surface area (Å²) in [5, 5.41) is 6.70. The minimum absolute atomic E-state index is 0.516. The molecule has 1 fully saturated rings. The molecule has 1 aliphatic carbocycles. The fraction of sp³-hybridized carbons (Fsp3) is 0.923. The molecule has 3 nitrogen and oxygen atoms in total. The topological polar surface area (TPSA) is 36.4 Å². The van der Waals surface area contributed by atoms with Gasteiger partial charge in [-0.3, -0.25) is 4.99 Å². The Bertz CT molecular complexity index is 231. The van der Waals surface area contributed by atoms with Gasteiger partial charge in [-0.15, -0.1) is 0 Å². The first-order valence-electron chi connectivity index (χ1n) is 6.77. The maximum atomic E-state index is 4.74. The van der Waals surface area contributed by atoms with Crippen molar-refractivity contribution in [2.45, 2.75) is 39.5 Å². The van der Waals surface area contributed by atoms with Gasteiger partial charge in [-0.1, -0.05) is 13.3 Å². The Kier molecular flexibility index (Phi) is 6.78. The van der Waals surface area contributed by atoms with Gasteiger partial charge in [-0.2, -0.15) is 11.8 Å². The van der Waals surface area contributed by atoms with Gasteiger partial charge in [-0.05, 0) is 37.9 Å². The molecule has 0 bridgehead atoms. The lowest BCUT2D eigenvalue weighted by Crippen LogP contribution is -2.40. The number of nitrogens with one attached hydrogen (secondary N) is 2. The number of aliphatic imine (C=N–C) groups is 1. The molecule has 1 rings (SSSR count). The predicted molar refractivity (Wildman–Crippen MR) is 78.9 cm³/mol. The highest BCUT2D eigenvalue weighted by molar-refractivity contribution is 7.98. The van der Waals surface area contributed by atoms with Gasteiger partial charge in [-0.25, -0.2) is 0 Å². The fourth-order valence-electron chi connectivity index (χ4n) is 2.16. The van der Waals surface area contributed by atoms with Crippen molar-refractivity contribution < 1.29 is 0 Å². The molecule has 0 radical (unpaired) electrons. The van der Waals surface area contributed by atoms with E-state index in [1.165, 1.54) is 25.7 Å². The largest absolute Gasteiger partial charge is 0.357 e. The highest BCUT2D eigenvalue weighted by atomic mass is 32.2. The van der Waals surface area contributed by atoms with Crippen molar-refractivity contribution in [3.05, 3.63) is 0 Å². The van der Waals surface area contributed by atoms with E-state index >= 15 is 0 Å². The third kappa shape index (κ3) is 4.78. The zero-order chi connectivity index (χ0) is 12.6. The summed E-state index contributed by atoms with van der Waals surface area (Å²) in [5.74, 6) is 2.12. The second-order valence-electron chi connectivity index (χ2n) is 4.82. The molecule has 4 heteroatoms. The second-order valence-corrected chi connectivity index (χ2v) is 5.81. The summed E-state index contributed by atoms with van der Waals surface area (Å²) in [4.78, 5) is 4.74. The number of nitrogens with zero attached hydrogens (tertiary/aromatic N) is 1. The van der Waals surface area contributed by atoms with Gasteiger partial charge in [0.2, 0.25) is 0 Å². The van der Waals surface area contributed by atoms with Crippen molar-refractivity contribution in [3.63, 3.8) is 0 Å². The van der Waals surface area contributed by atoms with E-state index in [0.717, 1.165) is 31.3 Å². The van der Waals surface area contributed by atoms with E-state index in [9.17, 15) is 0 Å². The lowest BCUT2D eigenvalue weighted by Gasteiger charge is -2.40. The minimum atomic E-state index is 0.516. The number of hydrogen-bond acceptors (Lipinski definition) is 2. The van der Waals surface area contributed by atoms with Crippen molar-refractivity contribution >= 4 is 17.7 Å². The summed E-state index contributed by atoms with van der Waals surface area (Å²) >= 11 is 1.86. The van der Waals surface area contributed by atoms with E-state index in [1.807, 2.05) is 11.8 Å². The summed E-state index contributed by atoms with van der Waals surface area (Å²) < 4.78 is 0. The predicted octanol–water partition coefficient (Wildman–Crippen LogP) is 2.48. The monoisotopic (exact) mass is 257 g/mol. The molecule has 0 aliphatic heterocycles. The van der Waals surface area contributed by atoms with Gasteiger partial charge < -0.3 is 10.6 Å². The van der Waals surface area contributed by atoms with E-state index in [-0.39, 0.29) is 0 Å². The van der Waals surface area contributed by atoms with Crippen LogP contribution in [0.2, 0.25) is 0 Å². The van der Waals surface area contributed by atoms with E-state index in [2.05, 4.69) is 30.7 Å². The van der Waals surface area contributed by atoms with Crippen LogP contribution in [-0.2, 0) is 0 Å². The van der Waals surface area contributed by atoms with Crippen LogP contribution in [0.1, 0.15) is 39.5 Å². The van der Waals surface area contributed by atoms with E-state index in [1.54, 1.807) is 0 Å². The normalized spacial score (nSPS) is 18.6. The average molecular weight is 257 g/mol. The van der Waals surface area contributed by atoms with Crippen molar-refractivity contribution in [3.8, 4) is 0 Å². The molecule has 0 saturated heterocycles. The van der Waals surface area contributed by atoms with Crippen LogP contribution in [0.15, 0.2) is 4.99 Å². The molecule has 0 amide bonds. The Morgan fingerprint density at radius 3 is 2.53 bits per heavy atom. The van der Waals surface area contributed by atoms with Crippen molar-refractivity contribution in [1.29, 1.82) is 0 Å². The summed E-state index contributed by atoms with van der Waals surface area (Å²) in [5.41, 5.74) is 0.516. The summed E-state index contributed by atoms with van der Waals surface area (Å²) in [6.07, 6.45) is 7.50. The minimum Gasteiger partial charge on any atom is -0.357 e. The Balaban J connectivity index is 2.39. The second kappa shape index (κ2) is 7.85. The quantitative estimate of drug-likeness (QED) is 0.418. The molecular weight excluding hydrogens is 230 g/mol. The maximum absolute atomic E-state index is 4.74. The van der Waals surface area contributed by atoms with Crippen LogP contribution in [0.3, 0.4) is 0 Å². The van der Waals surface area contributed by atoms with Gasteiger partial charge in [0.05, 0.1) is 0 Å². The molecule has 0 aromatic heterocycles. The van der Waals surface area contributed by atoms with Gasteiger partial charge in [0.25, 0.3) is 0 Å². The third-order valence-corrected chi connectivity index (χ3v) is 4.29. The standard InChI is InChI=1S/C13H27N3S/c1-4-13(7-6-8-13)11-16-12(14-5-2)15-9-10-17-3/h4-11H2,1-3H3,(H2,14,15,16). The smallest absolute Gasteiger partial charge is 0.191 e. The summed E-state index contributed by atoms with van der Waals surface area (Å²) in [6, 6.07) is 0. The van der Waals surface area contributed by atoms with Crippen LogP contribution in [0.5, 0.6) is 0 Å². The SMILES string of the molecule is CCNC(=NCC1(CC)CCC1)NCCSC. The molecule has 0 aromatic carbocycles. The zero-order valence-corrected chi connectivity index (χ0v) is 12.3. The molecule has 0 spiro atoms. The highest BCUT2D eigenvalue weighted by Crippen LogP contribution is 2.43. The lowest BCUT2D eigenvalue weighted by molar-refractivity contribution is 0.139. The number of thioether (sulfide) groups is 1. The first-order chi connectivity index (χ1) is 8.26. The van der Waals surface area contributed by atoms with Crippen LogP contribution in [0.25, 0.3) is 0 Å². The van der Waals surface area contributed by atoms with E-state index < -0.39 is 0 Å². The Labute approximate surface area is 110 Å². The maximum Gasteiger partial charge on any atom is 0.191 e. The van der Waals surface area contributed by atoms with Crippen LogP contribution >= 0.6 is 11.8 Å². The number of hydrogen-bond donors (Lipinski definition) is 2. The van der Waals surface area contributed by atoms with Crippen LogP contribution in [0.4, 0.5) is 0 Å². The van der Waals surface area contributed by atoms with Crippen LogP contribution in [0, 0.1) is 5.41 Å². The lowest BCUT2D eigenvalue weighted by atomic mass is 9.67. The Morgan fingerprint density at radius 2 is 2.06 bits per heavy atom. The highest BCUT2D eigenvalue weighted by Gasteiger charge is 2.34. The third-order valence-electron chi connectivity index (χ3n) is 3.68. The average Bonchev–Trinajstić information content (AvgIpc) is 2.28. The summed E-state index contributed by atoms with van der Waals surface area (Å²) in [6.45, 7) is 7.32. The molecule has 2 N–H and O–H groups in total. The van der Waals surface area contributed by atoms with Gasteiger partial charge in [0.1, 0.15) is 0 Å². The first kappa shape index (κ1) is 14.7. The molecule has 1 saturated carbocycles.